The van der Waals surface area contributed by atoms with E-state index in [1.165, 1.54) is 0 Å². The van der Waals surface area contributed by atoms with Crippen LogP contribution in [0.25, 0.3) is 11.1 Å². The monoisotopic (exact) mass is 335 g/mol. The molecule has 1 unspecified atom stereocenters. The predicted octanol–water partition coefficient (Wildman–Crippen LogP) is 3.58. The minimum absolute atomic E-state index is 0.0354. The highest BCUT2D eigenvalue weighted by Gasteiger charge is 2.22. The second kappa shape index (κ2) is 9.00. The number of nitrogens with zero attached hydrogens (tertiary/aromatic N) is 1. The third kappa shape index (κ3) is 5.17. The molecule has 0 aromatic heterocycles. The summed E-state index contributed by atoms with van der Waals surface area (Å²) in [5.74, 6) is 0.0350. The predicted molar refractivity (Wildman–Crippen MR) is 101 cm³/mol. The van der Waals surface area contributed by atoms with Gasteiger partial charge in [0.25, 0.3) is 0 Å². The van der Waals surface area contributed by atoms with Crippen molar-refractivity contribution in [3.8, 4) is 17.2 Å². The van der Waals surface area contributed by atoms with Gasteiger partial charge in [-0.15, -0.1) is 0 Å². The fraction of sp³-hybridized carbons (Fsp3) is 0.333. The van der Waals surface area contributed by atoms with Gasteiger partial charge in [0.2, 0.25) is 5.91 Å². The fourth-order valence-electron chi connectivity index (χ4n) is 2.88. The molecule has 0 heterocycles. The molecule has 1 atom stereocenters. The number of hydrogen-bond acceptors (Lipinski definition) is 3. The number of carbonyl (C=O) groups is 1. The summed E-state index contributed by atoms with van der Waals surface area (Å²) in [6.45, 7) is 4.75. The number of nitriles is 1. The van der Waals surface area contributed by atoms with Crippen LogP contribution in [0.5, 0.6) is 0 Å². The van der Waals surface area contributed by atoms with Crippen LogP contribution in [0.3, 0.4) is 0 Å². The fourth-order valence-corrected chi connectivity index (χ4v) is 2.88. The molecule has 0 radical (unpaired) electrons. The van der Waals surface area contributed by atoms with Gasteiger partial charge >= 0.3 is 0 Å². The molecule has 1 amide bonds. The van der Waals surface area contributed by atoms with Crippen LogP contribution in [0.15, 0.2) is 48.5 Å². The van der Waals surface area contributed by atoms with E-state index in [1.54, 1.807) is 0 Å². The molecule has 2 aromatic rings. The van der Waals surface area contributed by atoms with Crippen molar-refractivity contribution < 1.29 is 4.79 Å². The zero-order valence-electron chi connectivity index (χ0n) is 14.8. The summed E-state index contributed by atoms with van der Waals surface area (Å²) in [4.78, 5) is 12.5. The molecule has 0 fully saturated rings. The molecule has 3 N–H and O–H groups in total. The lowest BCUT2D eigenvalue weighted by Crippen LogP contribution is -2.30. The van der Waals surface area contributed by atoms with Crippen molar-refractivity contribution in [3.05, 3.63) is 59.7 Å². The minimum atomic E-state index is -0.253. The van der Waals surface area contributed by atoms with E-state index in [0.29, 0.717) is 12.5 Å². The first-order valence-electron chi connectivity index (χ1n) is 8.59. The van der Waals surface area contributed by atoms with Crippen molar-refractivity contribution in [1.29, 1.82) is 5.26 Å². The van der Waals surface area contributed by atoms with Gasteiger partial charge in [-0.2, -0.15) is 5.26 Å². The van der Waals surface area contributed by atoms with Crippen molar-refractivity contribution >= 4 is 5.91 Å². The molecule has 0 saturated carbocycles. The molecule has 0 aliphatic heterocycles. The zero-order valence-corrected chi connectivity index (χ0v) is 14.8. The largest absolute Gasteiger partial charge is 0.342 e. The molecule has 0 spiro atoms. The third-order valence-corrected chi connectivity index (χ3v) is 4.18. The average Bonchev–Trinajstić information content (AvgIpc) is 2.64. The Morgan fingerprint density at radius 2 is 1.88 bits per heavy atom. The van der Waals surface area contributed by atoms with E-state index in [2.05, 4.69) is 37.4 Å². The molecule has 4 heteroatoms. The van der Waals surface area contributed by atoms with Crippen LogP contribution in [-0.2, 0) is 11.3 Å². The Kier molecular flexibility index (Phi) is 6.73. The van der Waals surface area contributed by atoms with Gasteiger partial charge in [-0.1, -0.05) is 62.4 Å². The lowest BCUT2D eigenvalue weighted by Gasteiger charge is -2.19. The quantitative estimate of drug-likeness (QED) is 0.759. The minimum Gasteiger partial charge on any atom is -0.342 e. The van der Waals surface area contributed by atoms with E-state index in [9.17, 15) is 4.79 Å². The number of amides is 1. The standard InChI is InChI=1S/C21H25N3O/c1-15(2)12-20(21(25)24-11-10-22)19-5-3-4-18(13-19)17-8-6-16(14-23)7-9-17/h3-9,13,15,20H,11-12,14,23H2,1-2H3,(H,24,25). The summed E-state index contributed by atoms with van der Waals surface area (Å²) in [5.41, 5.74) is 9.89. The van der Waals surface area contributed by atoms with Gasteiger partial charge in [0.1, 0.15) is 6.54 Å². The molecule has 2 aromatic carbocycles. The van der Waals surface area contributed by atoms with Gasteiger partial charge in [-0.05, 0) is 34.6 Å². The van der Waals surface area contributed by atoms with Crippen molar-refractivity contribution in [2.75, 3.05) is 6.54 Å². The number of rotatable bonds is 7. The molecule has 2 rings (SSSR count). The number of carbonyl (C=O) groups excluding carboxylic acids is 1. The Hall–Kier alpha value is -2.64. The van der Waals surface area contributed by atoms with Crippen molar-refractivity contribution in [2.24, 2.45) is 11.7 Å². The SMILES string of the molecule is CC(C)CC(C(=O)NCC#N)c1cccc(-c2ccc(CN)cc2)c1. The van der Waals surface area contributed by atoms with E-state index in [-0.39, 0.29) is 18.4 Å². The lowest BCUT2D eigenvalue weighted by molar-refractivity contribution is -0.122. The van der Waals surface area contributed by atoms with Crippen LogP contribution in [0, 0.1) is 17.2 Å². The first kappa shape index (κ1) is 18.7. The molecule has 4 nitrogen and oxygen atoms in total. The van der Waals surface area contributed by atoms with Gasteiger partial charge in [-0.3, -0.25) is 4.79 Å². The van der Waals surface area contributed by atoms with Crippen LogP contribution in [0.2, 0.25) is 0 Å². The van der Waals surface area contributed by atoms with E-state index in [1.807, 2.05) is 36.4 Å². The molecule has 0 bridgehead atoms. The van der Waals surface area contributed by atoms with E-state index >= 15 is 0 Å². The van der Waals surface area contributed by atoms with Crippen LogP contribution in [0.1, 0.15) is 37.3 Å². The van der Waals surface area contributed by atoms with Crippen LogP contribution < -0.4 is 11.1 Å². The maximum atomic E-state index is 12.5. The number of hydrogen-bond donors (Lipinski definition) is 2. The van der Waals surface area contributed by atoms with Gasteiger partial charge in [0.05, 0.1) is 12.0 Å². The average molecular weight is 335 g/mol. The number of benzene rings is 2. The van der Waals surface area contributed by atoms with Gasteiger partial charge < -0.3 is 11.1 Å². The van der Waals surface area contributed by atoms with E-state index < -0.39 is 0 Å². The van der Waals surface area contributed by atoms with Crippen molar-refractivity contribution in [3.63, 3.8) is 0 Å². The Labute approximate surface area is 149 Å². The molecule has 0 aliphatic rings. The Balaban J connectivity index is 2.31. The Morgan fingerprint density at radius 3 is 2.48 bits per heavy atom. The maximum Gasteiger partial charge on any atom is 0.228 e. The molecular weight excluding hydrogens is 310 g/mol. The van der Waals surface area contributed by atoms with Crippen molar-refractivity contribution in [1.82, 2.24) is 5.32 Å². The summed E-state index contributed by atoms with van der Waals surface area (Å²) in [7, 11) is 0. The van der Waals surface area contributed by atoms with Gasteiger partial charge in [-0.25, -0.2) is 0 Å². The maximum absolute atomic E-state index is 12.5. The lowest BCUT2D eigenvalue weighted by atomic mass is 9.88. The van der Waals surface area contributed by atoms with Crippen molar-refractivity contribution in [2.45, 2.75) is 32.7 Å². The first-order chi connectivity index (χ1) is 12.0. The van der Waals surface area contributed by atoms with Crippen LogP contribution >= 0.6 is 0 Å². The molecule has 0 aliphatic carbocycles. The highest BCUT2D eigenvalue weighted by atomic mass is 16.1. The second-order valence-corrected chi connectivity index (χ2v) is 6.58. The Morgan fingerprint density at radius 1 is 1.16 bits per heavy atom. The number of nitrogens with one attached hydrogen (secondary N) is 1. The smallest absolute Gasteiger partial charge is 0.228 e. The second-order valence-electron chi connectivity index (χ2n) is 6.58. The molecule has 25 heavy (non-hydrogen) atoms. The summed E-state index contributed by atoms with van der Waals surface area (Å²) in [6, 6.07) is 18.2. The summed E-state index contributed by atoms with van der Waals surface area (Å²) in [6.07, 6.45) is 0.743. The molecular formula is C21H25N3O. The summed E-state index contributed by atoms with van der Waals surface area (Å²) in [5, 5.41) is 11.4. The van der Waals surface area contributed by atoms with Crippen LogP contribution in [-0.4, -0.2) is 12.5 Å². The molecule has 130 valence electrons. The normalized spacial score (nSPS) is 11.8. The van der Waals surface area contributed by atoms with Gasteiger partial charge in [0, 0.05) is 6.54 Å². The van der Waals surface area contributed by atoms with Crippen LogP contribution in [0.4, 0.5) is 0 Å². The summed E-state index contributed by atoms with van der Waals surface area (Å²) < 4.78 is 0. The first-order valence-corrected chi connectivity index (χ1v) is 8.59. The highest BCUT2D eigenvalue weighted by Crippen LogP contribution is 2.28. The topological polar surface area (TPSA) is 78.9 Å². The molecule has 0 saturated heterocycles. The van der Waals surface area contributed by atoms with E-state index in [4.69, 9.17) is 11.0 Å². The highest BCUT2D eigenvalue weighted by molar-refractivity contribution is 5.84. The Bertz CT molecular complexity index is 744. The van der Waals surface area contributed by atoms with Gasteiger partial charge in [0.15, 0.2) is 0 Å². The summed E-state index contributed by atoms with van der Waals surface area (Å²) >= 11 is 0. The van der Waals surface area contributed by atoms with E-state index in [0.717, 1.165) is 28.7 Å². The zero-order chi connectivity index (χ0) is 18.2. The third-order valence-electron chi connectivity index (χ3n) is 4.18. The number of nitrogens with two attached hydrogens (primary N) is 1.